The van der Waals surface area contributed by atoms with Crippen LogP contribution < -0.4 is 11.1 Å². The van der Waals surface area contributed by atoms with Gasteiger partial charge in [-0.1, -0.05) is 13.8 Å². The maximum atomic E-state index is 13.0. The third kappa shape index (κ3) is 4.03. The minimum atomic E-state index is -0.512. The Morgan fingerprint density at radius 2 is 2.12 bits per heavy atom. The topological polar surface area (TPSA) is 75.3 Å². The number of hydrogen-bond donors (Lipinski definition) is 3. The number of phenols is 1. The van der Waals surface area contributed by atoms with Crippen LogP contribution in [0.4, 0.5) is 4.39 Å². The maximum absolute atomic E-state index is 13.0. The lowest BCUT2D eigenvalue weighted by Crippen LogP contribution is -2.44. The van der Waals surface area contributed by atoms with Crippen molar-refractivity contribution in [2.75, 3.05) is 0 Å². The van der Waals surface area contributed by atoms with E-state index in [2.05, 4.69) is 5.32 Å². The van der Waals surface area contributed by atoms with E-state index in [1.807, 2.05) is 13.8 Å². The van der Waals surface area contributed by atoms with E-state index in [-0.39, 0.29) is 18.2 Å². The molecule has 94 valence electrons. The molecule has 1 unspecified atom stereocenters. The maximum Gasteiger partial charge on any atom is 0.234 e. The molecule has 0 spiro atoms. The molecule has 0 aromatic heterocycles. The van der Waals surface area contributed by atoms with Gasteiger partial charge in [0.05, 0.1) is 6.04 Å². The first-order valence-electron chi connectivity index (χ1n) is 5.41. The van der Waals surface area contributed by atoms with E-state index >= 15 is 0 Å². The summed E-state index contributed by atoms with van der Waals surface area (Å²) < 4.78 is 13.0. The molecule has 0 aliphatic heterocycles. The third-order valence-electron chi connectivity index (χ3n) is 2.44. The summed E-state index contributed by atoms with van der Waals surface area (Å²) in [6.45, 7) is 4.01. The van der Waals surface area contributed by atoms with Gasteiger partial charge in [0, 0.05) is 12.6 Å². The Hall–Kier alpha value is -1.62. The van der Waals surface area contributed by atoms with Crippen molar-refractivity contribution in [2.45, 2.75) is 26.4 Å². The molecule has 0 aliphatic rings. The molecule has 5 heteroatoms. The standard InChI is InChI=1S/C12H17FN2O2/c1-7(2)11(12(14)17)15-6-8-3-9(13)5-10(16)4-8/h3-5,7,11,15-16H,6H2,1-2H3,(H2,14,17). The van der Waals surface area contributed by atoms with E-state index < -0.39 is 17.8 Å². The fourth-order valence-electron chi connectivity index (χ4n) is 1.63. The molecule has 0 radical (unpaired) electrons. The van der Waals surface area contributed by atoms with Crippen LogP contribution in [0.2, 0.25) is 0 Å². The Balaban J connectivity index is 2.68. The van der Waals surface area contributed by atoms with Gasteiger partial charge in [0.15, 0.2) is 0 Å². The molecule has 0 bridgehead atoms. The lowest BCUT2D eigenvalue weighted by Gasteiger charge is -2.19. The van der Waals surface area contributed by atoms with Crippen molar-refractivity contribution in [1.29, 1.82) is 0 Å². The fraction of sp³-hybridized carbons (Fsp3) is 0.417. The highest BCUT2D eigenvalue weighted by atomic mass is 19.1. The summed E-state index contributed by atoms with van der Waals surface area (Å²) in [6.07, 6.45) is 0. The molecule has 0 saturated carbocycles. The van der Waals surface area contributed by atoms with Crippen molar-refractivity contribution in [3.63, 3.8) is 0 Å². The lowest BCUT2D eigenvalue weighted by atomic mass is 10.0. The van der Waals surface area contributed by atoms with Crippen LogP contribution in [0.25, 0.3) is 0 Å². The summed E-state index contributed by atoms with van der Waals surface area (Å²) in [5, 5.41) is 12.2. The first kappa shape index (κ1) is 13.4. The van der Waals surface area contributed by atoms with E-state index in [1.165, 1.54) is 12.1 Å². The summed E-state index contributed by atoms with van der Waals surface area (Å²) in [5.74, 6) is -1.04. The quantitative estimate of drug-likeness (QED) is 0.722. The molecular weight excluding hydrogens is 223 g/mol. The van der Waals surface area contributed by atoms with Crippen molar-refractivity contribution in [3.05, 3.63) is 29.6 Å². The summed E-state index contributed by atoms with van der Waals surface area (Å²) in [5.41, 5.74) is 5.80. The Bertz CT molecular complexity index is 387. The Kier molecular flexibility index (Phi) is 4.45. The molecule has 4 N–H and O–H groups in total. The highest BCUT2D eigenvalue weighted by molar-refractivity contribution is 5.80. The summed E-state index contributed by atoms with van der Waals surface area (Å²) in [7, 11) is 0. The number of carbonyl (C=O) groups excluding carboxylic acids is 1. The van der Waals surface area contributed by atoms with Gasteiger partial charge in [-0.2, -0.15) is 0 Å². The number of aromatic hydroxyl groups is 1. The van der Waals surface area contributed by atoms with Gasteiger partial charge in [-0.25, -0.2) is 4.39 Å². The molecule has 1 amide bonds. The second kappa shape index (κ2) is 5.63. The zero-order valence-corrected chi connectivity index (χ0v) is 9.90. The monoisotopic (exact) mass is 240 g/mol. The molecule has 0 heterocycles. The van der Waals surface area contributed by atoms with Crippen molar-refractivity contribution in [2.24, 2.45) is 11.7 Å². The first-order chi connectivity index (χ1) is 7.90. The normalized spacial score (nSPS) is 12.7. The van der Waals surface area contributed by atoms with E-state index in [9.17, 15) is 14.3 Å². The molecule has 0 fully saturated rings. The molecular formula is C12H17FN2O2. The van der Waals surface area contributed by atoms with Crippen molar-refractivity contribution >= 4 is 5.91 Å². The molecule has 1 aromatic carbocycles. The van der Waals surface area contributed by atoms with Crippen LogP contribution in [-0.2, 0) is 11.3 Å². The second-order valence-corrected chi connectivity index (χ2v) is 4.32. The van der Waals surface area contributed by atoms with Crippen LogP contribution >= 0.6 is 0 Å². The van der Waals surface area contributed by atoms with Crippen LogP contribution in [0.15, 0.2) is 18.2 Å². The molecule has 4 nitrogen and oxygen atoms in total. The van der Waals surface area contributed by atoms with Crippen LogP contribution in [0.5, 0.6) is 5.75 Å². The number of halogens is 1. The van der Waals surface area contributed by atoms with Crippen molar-refractivity contribution in [3.8, 4) is 5.75 Å². The minimum Gasteiger partial charge on any atom is -0.508 e. The van der Waals surface area contributed by atoms with Crippen LogP contribution in [-0.4, -0.2) is 17.1 Å². The first-order valence-corrected chi connectivity index (χ1v) is 5.41. The number of phenolic OH excluding ortho intramolecular Hbond substituents is 1. The van der Waals surface area contributed by atoms with Crippen LogP contribution in [0, 0.1) is 11.7 Å². The molecule has 1 aromatic rings. The lowest BCUT2D eigenvalue weighted by molar-refractivity contribution is -0.121. The smallest absolute Gasteiger partial charge is 0.234 e. The van der Waals surface area contributed by atoms with Gasteiger partial charge in [0.2, 0.25) is 5.91 Å². The molecule has 17 heavy (non-hydrogen) atoms. The molecule has 1 atom stereocenters. The van der Waals surface area contributed by atoms with Crippen LogP contribution in [0.3, 0.4) is 0 Å². The number of rotatable bonds is 5. The highest BCUT2D eigenvalue weighted by Gasteiger charge is 2.18. The average molecular weight is 240 g/mol. The molecule has 0 aliphatic carbocycles. The van der Waals surface area contributed by atoms with E-state index in [0.29, 0.717) is 5.56 Å². The number of hydrogen-bond acceptors (Lipinski definition) is 3. The Morgan fingerprint density at radius 3 is 2.59 bits per heavy atom. The highest BCUT2D eigenvalue weighted by Crippen LogP contribution is 2.14. The van der Waals surface area contributed by atoms with E-state index in [4.69, 9.17) is 5.73 Å². The number of carbonyl (C=O) groups is 1. The zero-order chi connectivity index (χ0) is 13.0. The minimum absolute atomic E-state index is 0.0506. The average Bonchev–Trinajstić information content (AvgIpc) is 2.14. The van der Waals surface area contributed by atoms with Gasteiger partial charge in [-0.3, -0.25) is 4.79 Å². The van der Waals surface area contributed by atoms with E-state index in [0.717, 1.165) is 6.07 Å². The van der Waals surface area contributed by atoms with Gasteiger partial charge in [0.25, 0.3) is 0 Å². The second-order valence-electron chi connectivity index (χ2n) is 4.32. The van der Waals surface area contributed by atoms with E-state index in [1.54, 1.807) is 0 Å². The van der Waals surface area contributed by atoms with Gasteiger partial charge >= 0.3 is 0 Å². The predicted molar refractivity (Wildman–Crippen MR) is 62.7 cm³/mol. The molecule has 0 saturated heterocycles. The number of benzene rings is 1. The van der Waals surface area contributed by atoms with Gasteiger partial charge in [-0.15, -0.1) is 0 Å². The van der Waals surface area contributed by atoms with Crippen LogP contribution in [0.1, 0.15) is 19.4 Å². The van der Waals surface area contributed by atoms with Crippen molar-refractivity contribution in [1.82, 2.24) is 5.32 Å². The largest absolute Gasteiger partial charge is 0.508 e. The zero-order valence-electron chi connectivity index (χ0n) is 9.90. The number of primary amides is 1. The predicted octanol–water partition coefficient (Wildman–Crippen LogP) is 1.13. The summed E-state index contributed by atoms with van der Waals surface area (Å²) in [4.78, 5) is 11.1. The van der Waals surface area contributed by atoms with Gasteiger partial charge < -0.3 is 16.2 Å². The molecule has 1 rings (SSSR count). The fourth-order valence-corrected chi connectivity index (χ4v) is 1.63. The third-order valence-corrected chi connectivity index (χ3v) is 2.44. The Labute approximate surface area is 99.6 Å². The van der Waals surface area contributed by atoms with Crippen molar-refractivity contribution < 1.29 is 14.3 Å². The number of nitrogens with one attached hydrogen (secondary N) is 1. The number of nitrogens with two attached hydrogens (primary N) is 1. The summed E-state index contributed by atoms with van der Waals surface area (Å²) in [6, 6.07) is 3.29. The Morgan fingerprint density at radius 1 is 1.47 bits per heavy atom. The number of amides is 1. The summed E-state index contributed by atoms with van der Waals surface area (Å²) >= 11 is 0. The van der Waals surface area contributed by atoms with Gasteiger partial charge in [0.1, 0.15) is 11.6 Å². The van der Waals surface area contributed by atoms with Gasteiger partial charge in [-0.05, 0) is 23.6 Å². The SMILES string of the molecule is CC(C)C(NCc1cc(O)cc(F)c1)C(N)=O.